The summed E-state index contributed by atoms with van der Waals surface area (Å²) in [5.41, 5.74) is 2.61. The molecule has 1 aromatic rings. The van der Waals surface area contributed by atoms with Gasteiger partial charge in [-0.25, -0.2) is 0 Å². The maximum Gasteiger partial charge on any atom is 0.153 e. The minimum Gasteiger partial charge on any atom is -0.309 e. The van der Waals surface area contributed by atoms with Crippen molar-refractivity contribution in [3.05, 3.63) is 17.0 Å². The number of carbonyl (C=O) groups is 1. The van der Waals surface area contributed by atoms with Crippen LogP contribution >= 0.6 is 0 Å². The van der Waals surface area contributed by atoms with Crippen LogP contribution in [0.25, 0.3) is 0 Å². The third-order valence-electron chi connectivity index (χ3n) is 2.69. The molecule has 104 valence electrons. The standard InChI is InChI=1S/C8H11N3O.C4H10.C2H6/c1-6-7(5-12)8-4-9-2-3-11(8)10-6;1-3-4-2;1-2/h5,9H,2-4H2,1H3;3-4H2,1-2H3;1-2H3. The Morgan fingerprint density at radius 1 is 1.33 bits per heavy atom. The van der Waals surface area contributed by atoms with E-state index in [9.17, 15) is 4.79 Å². The first-order valence-electron chi connectivity index (χ1n) is 6.96. The van der Waals surface area contributed by atoms with Gasteiger partial charge >= 0.3 is 0 Å². The molecule has 2 heterocycles. The number of rotatable bonds is 2. The number of aromatic nitrogens is 2. The van der Waals surface area contributed by atoms with Crippen LogP contribution in [-0.4, -0.2) is 22.6 Å². The number of unbranched alkanes of at least 4 members (excludes halogenated alkanes) is 1. The summed E-state index contributed by atoms with van der Waals surface area (Å²) < 4.78 is 1.91. The average molecular weight is 253 g/mol. The number of hydrogen-bond acceptors (Lipinski definition) is 3. The second-order valence-corrected chi connectivity index (χ2v) is 3.96. The van der Waals surface area contributed by atoms with Crippen LogP contribution in [-0.2, 0) is 13.1 Å². The van der Waals surface area contributed by atoms with Crippen molar-refractivity contribution in [1.29, 1.82) is 0 Å². The molecule has 0 spiro atoms. The van der Waals surface area contributed by atoms with Gasteiger partial charge in [-0.3, -0.25) is 9.48 Å². The van der Waals surface area contributed by atoms with Crippen molar-refractivity contribution in [2.24, 2.45) is 0 Å². The number of nitrogens with zero attached hydrogens (tertiary/aromatic N) is 2. The second kappa shape index (κ2) is 9.83. The van der Waals surface area contributed by atoms with Crippen molar-refractivity contribution >= 4 is 6.29 Å². The molecule has 0 saturated carbocycles. The highest BCUT2D eigenvalue weighted by atomic mass is 16.1. The predicted octanol–water partition coefficient (Wildman–Crippen LogP) is 2.94. The van der Waals surface area contributed by atoms with Gasteiger partial charge in [0.1, 0.15) is 0 Å². The molecule has 0 aliphatic carbocycles. The lowest BCUT2D eigenvalue weighted by Gasteiger charge is -2.14. The highest BCUT2D eigenvalue weighted by Gasteiger charge is 2.16. The normalized spacial score (nSPS) is 12.5. The monoisotopic (exact) mass is 253 g/mol. The van der Waals surface area contributed by atoms with Crippen LogP contribution in [0.2, 0.25) is 0 Å². The maximum atomic E-state index is 10.7. The van der Waals surface area contributed by atoms with Gasteiger partial charge < -0.3 is 5.32 Å². The maximum absolute atomic E-state index is 10.7. The van der Waals surface area contributed by atoms with Crippen LogP contribution in [0.3, 0.4) is 0 Å². The molecule has 0 unspecified atom stereocenters. The predicted molar refractivity (Wildman–Crippen MR) is 76.0 cm³/mol. The summed E-state index contributed by atoms with van der Waals surface area (Å²) in [6, 6.07) is 0. The third-order valence-corrected chi connectivity index (χ3v) is 2.69. The van der Waals surface area contributed by atoms with Gasteiger partial charge in [-0.15, -0.1) is 0 Å². The van der Waals surface area contributed by atoms with Crippen molar-refractivity contribution in [3.63, 3.8) is 0 Å². The van der Waals surface area contributed by atoms with Crippen molar-refractivity contribution in [2.45, 2.75) is 60.5 Å². The number of aryl methyl sites for hydroxylation is 1. The summed E-state index contributed by atoms with van der Waals surface area (Å²) >= 11 is 0. The van der Waals surface area contributed by atoms with Crippen molar-refractivity contribution in [1.82, 2.24) is 15.1 Å². The number of carbonyl (C=O) groups excluding carboxylic acids is 1. The van der Waals surface area contributed by atoms with E-state index in [1.54, 1.807) is 0 Å². The van der Waals surface area contributed by atoms with Gasteiger partial charge in [-0.2, -0.15) is 5.10 Å². The summed E-state index contributed by atoms with van der Waals surface area (Å²) in [7, 11) is 0. The van der Waals surface area contributed by atoms with Gasteiger partial charge in [0.25, 0.3) is 0 Å². The van der Waals surface area contributed by atoms with E-state index in [-0.39, 0.29) is 0 Å². The number of hydrogen-bond donors (Lipinski definition) is 1. The highest BCUT2D eigenvalue weighted by molar-refractivity contribution is 5.78. The van der Waals surface area contributed by atoms with E-state index in [0.717, 1.165) is 42.9 Å². The lowest BCUT2D eigenvalue weighted by molar-refractivity contribution is 0.112. The van der Waals surface area contributed by atoms with Gasteiger partial charge in [0.15, 0.2) is 6.29 Å². The molecule has 4 nitrogen and oxygen atoms in total. The van der Waals surface area contributed by atoms with Crippen LogP contribution < -0.4 is 5.32 Å². The molecule has 2 rings (SSSR count). The summed E-state index contributed by atoms with van der Waals surface area (Å²) in [5.74, 6) is 0. The van der Waals surface area contributed by atoms with E-state index in [2.05, 4.69) is 24.3 Å². The van der Waals surface area contributed by atoms with Gasteiger partial charge in [0.2, 0.25) is 0 Å². The Balaban J connectivity index is 0.000000415. The third kappa shape index (κ3) is 4.61. The first-order chi connectivity index (χ1) is 8.74. The Labute approximate surface area is 111 Å². The van der Waals surface area contributed by atoms with Gasteiger partial charge in [0.05, 0.1) is 23.5 Å². The van der Waals surface area contributed by atoms with E-state index in [1.165, 1.54) is 12.8 Å². The Hall–Kier alpha value is -1.16. The number of aldehydes is 1. The van der Waals surface area contributed by atoms with Crippen LogP contribution in [0.1, 0.15) is 62.3 Å². The SMILES string of the molecule is CC.CCCC.Cc1nn2c(c1C=O)CNCC2. The topological polar surface area (TPSA) is 46.9 Å². The zero-order valence-corrected chi connectivity index (χ0v) is 12.4. The van der Waals surface area contributed by atoms with Crippen LogP contribution in [0.5, 0.6) is 0 Å². The lowest BCUT2D eigenvalue weighted by atomic mass is 10.2. The molecule has 0 aromatic carbocycles. The fraction of sp³-hybridized carbons (Fsp3) is 0.714. The molecule has 0 amide bonds. The van der Waals surface area contributed by atoms with Crippen LogP contribution in [0.15, 0.2) is 0 Å². The first-order valence-corrected chi connectivity index (χ1v) is 6.96. The zero-order valence-electron chi connectivity index (χ0n) is 12.4. The molecule has 0 atom stereocenters. The van der Waals surface area contributed by atoms with E-state index < -0.39 is 0 Å². The molecule has 18 heavy (non-hydrogen) atoms. The van der Waals surface area contributed by atoms with Crippen LogP contribution in [0.4, 0.5) is 0 Å². The summed E-state index contributed by atoms with van der Waals surface area (Å²) in [5, 5.41) is 7.48. The fourth-order valence-corrected chi connectivity index (χ4v) is 1.56. The molecule has 0 bridgehead atoms. The first kappa shape index (κ1) is 16.8. The fourth-order valence-electron chi connectivity index (χ4n) is 1.56. The van der Waals surface area contributed by atoms with Gasteiger partial charge in [-0.05, 0) is 6.92 Å². The molecule has 1 aromatic heterocycles. The minimum atomic E-state index is 0.752. The molecule has 4 heteroatoms. The average Bonchev–Trinajstić information content (AvgIpc) is 2.76. The Morgan fingerprint density at radius 3 is 2.44 bits per heavy atom. The van der Waals surface area contributed by atoms with Gasteiger partial charge in [-0.1, -0.05) is 40.5 Å². The molecular weight excluding hydrogens is 226 g/mol. The zero-order chi connectivity index (χ0) is 14.0. The lowest BCUT2D eigenvalue weighted by Crippen LogP contribution is -2.28. The quantitative estimate of drug-likeness (QED) is 0.824. The molecular formula is C14H27N3O. The number of fused-ring (bicyclic) bond motifs is 1. The van der Waals surface area contributed by atoms with Crippen molar-refractivity contribution in [2.75, 3.05) is 6.54 Å². The largest absolute Gasteiger partial charge is 0.309 e. The number of nitrogens with one attached hydrogen (secondary N) is 1. The smallest absolute Gasteiger partial charge is 0.153 e. The van der Waals surface area contributed by atoms with E-state index in [0.29, 0.717) is 0 Å². The van der Waals surface area contributed by atoms with Crippen molar-refractivity contribution < 1.29 is 4.79 Å². The highest BCUT2D eigenvalue weighted by Crippen LogP contribution is 2.13. The van der Waals surface area contributed by atoms with Crippen LogP contribution in [0, 0.1) is 6.92 Å². The molecule has 0 saturated heterocycles. The molecule has 1 aliphatic rings. The summed E-state index contributed by atoms with van der Waals surface area (Å²) in [6.07, 6.45) is 3.53. The molecule has 0 fully saturated rings. The molecule has 0 radical (unpaired) electrons. The van der Waals surface area contributed by atoms with Gasteiger partial charge in [0, 0.05) is 13.1 Å². The Morgan fingerprint density at radius 2 is 1.94 bits per heavy atom. The molecule has 1 aliphatic heterocycles. The van der Waals surface area contributed by atoms with E-state index in [1.807, 2.05) is 25.5 Å². The molecule has 1 N–H and O–H groups in total. The summed E-state index contributed by atoms with van der Waals surface area (Å²) in [6.45, 7) is 12.8. The minimum absolute atomic E-state index is 0.752. The van der Waals surface area contributed by atoms with E-state index in [4.69, 9.17) is 0 Å². The Bertz CT molecular complexity index is 343. The summed E-state index contributed by atoms with van der Waals surface area (Å²) in [4.78, 5) is 10.7. The second-order valence-electron chi connectivity index (χ2n) is 3.96. The van der Waals surface area contributed by atoms with Crippen molar-refractivity contribution in [3.8, 4) is 0 Å². The van der Waals surface area contributed by atoms with E-state index >= 15 is 0 Å². The Kier molecular flexibility index (Phi) is 9.19.